The Morgan fingerprint density at radius 2 is 2.04 bits per heavy atom. The number of nitrogens with one attached hydrogen (secondary N) is 3. The molecule has 6 N–H and O–H groups in total. The molecular weight excluding hydrogens is 395 g/mol. The minimum atomic E-state index is -4.63. The first-order valence-corrected chi connectivity index (χ1v) is 8.62. The van der Waals surface area contributed by atoms with E-state index >= 15 is 0 Å². The van der Waals surface area contributed by atoms with Gasteiger partial charge in [0.25, 0.3) is 10.2 Å². The Kier molecular flexibility index (Phi) is 5.99. The minimum Gasteiger partial charge on any atom is -0.364 e. The third kappa shape index (κ3) is 5.61. The zero-order chi connectivity index (χ0) is 20.2. The highest BCUT2D eigenvalue weighted by Crippen LogP contribution is 2.31. The van der Waals surface area contributed by atoms with Crippen LogP contribution >= 0.6 is 0 Å². The van der Waals surface area contributed by atoms with Crippen LogP contribution in [0.25, 0.3) is 0 Å². The largest absolute Gasteiger partial charge is 0.416 e. The van der Waals surface area contributed by atoms with Crippen molar-refractivity contribution in [2.45, 2.75) is 6.18 Å². The molecule has 1 aromatic carbocycles. The van der Waals surface area contributed by atoms with E-state index in [1.54, 1.807) is 0 Å². The fraction of sp³-hybridized carbons (Fsp3) is 0.250. The molecule has 1 aromatic heterocycles. The van der Waals surface area contributed by atoms with Crippen LogP contribution in [-0.2, 0) is 16.4 Å². The summed E-state index contributed by atoms with van der Waals surface area (Å²) >= 11 is 0. The summed E-state index contributed by atoms with van der Waals surface area (Å²) in [7, 11) is -3.89. The Balaban J connectivity index is 2.11. The molecule has 2 rings (SSSR count). The van der Waals surface area contributed by atoms with Crippen molar-refractivity contribution in [2.24, 2.45) is 5.14 Å². The Labute approximate surface area is 150 Å². The van der Waals surface area contributed by atoms with Crippen LogP contribution in [0.4, 0.5) is 24.7 Å². The van der Waals surface area contributed by atoms with E-state index in [1.165, 1.54) is 0 Å². The number of rotatable bonds is 7. The Morgan fingerprint density at radius 3 is 2.67 bits per heavy atom. The molecule has 1 heterocycles. The molecule has 148 valence electrons. The van der Waals surface area contributed by atoms with Gasteiger partial charge in [0, 0.05) is 13.1 Å². The van der Waals surface area contributed by atoms with Crippen LogP contribution in [0.3, 0.4) is 0 Å². The number of alkyl halides is 3. The molecule has 11 nitrogen and oxygen atoms in total. The Bertz CT molecular complexity index is 916. The molecule has 0 saturated heterocycles. The molecule has 0 spiro atoms. The van der Waals surface area contributed by atoms with Gasteiger partial charge >= 0.3 is 6.18 Å². The van der Waals surface area contributed by atoms with Gasteiger partial charge in [0.2, 0.25) is 5.82 Å². The third-order valence-corrected chi connectivity index (χ3v) is 3.67. The summed E-state index contributed by atoms with van der Waals surface area (Å²) in [6.45, 7) is -0.158. The fourth-order valence-electron chi connectivity index (χ4n) is 1.88. The lowest BCUT2D eigenvalue weighted by Gasteiger charge is -2.18. The van der Waals surface area contributed by atoms with E-state index in [-0.39, 0.29) is 35.4 Å². The highest BCUT2D eigenvalue weighted by molar-refractivity contribution is 7.87. The first-order valence-electron chi connectivity index (χ1n) is 7.08. The summed E-state index contributed by atoms with van der Waals surface area (Å²) in [4.78, 5) is 0. The number of halogens is 3. The van der Waals surface area contributed by atoms with Crippen molar-refractivity contribution in [1.82, 2.24) is 15.0 Å². The van der Waals surface area contributed by atoms with Crippen LogP contribution in [0.15, 0.2) is 28.9 Å². The van der Waals surface area contributed by atoms with Gasteiger partial charge in [0.15, 0.2) is 11.5 Å². The zero-order valence-corrected chi connectivity index (χ0v) is 14.2. The third-order valence-electron chi connectivity index (χ3n) is 3.06. The smallest absolute Gasteiger partial charge is 0.364 e. The molecule has 0 aliphatic carbocycles. The standard InChI is InChI=1S/C12H14F3N7O4S/c13-12(14,15)7-2-1-3-8(6-7)22(23)10(16)9-11(21-26-20-9)18-4-5-19-27(17,24)25/h1-3,6,16,19,23H,4-5H2,(H,18,21)(H2,17,24,25). The van der Waals surface area contributed by atoms with E-state index in [0.29, 0.717) is 6.07 Å². The molecule has 0 saturated carbocycles. The maximum absolute atomic E-state index is 12.8. The van der Waals surface area contributed by atoms with Crippen molar-refractivity contribution in [2.75, 3.05) is 23.5 Å². The number of amidine groups is 1. The molecule has 0 unspecified atom stereocenters. The summed E-state index contributed by atoms with van der Waals surface area (Å²) < 4.78 is 66.2. The lowest BCUT2D eigenvalue weighted by molar-refractivity contribution is -0.137. The van der Waals surface area contributed by atoms with E-state index in [1.807, 2.05) is 4.72 Å². The first-order chi connectivity index (χ1) is 12.5. The van der Waals surface area contributed by atoms with Crippen LogP contribution in [0.1, 0.15) is 11.3 Å². The second kappa shape index (κ2) is 7.87. The molecule has 2 aromatic rings. The molecule has 0 atom stereocenters. The van der Waals surface area contributed by atoms with Gasteiger partial charge < -0.3 is 5.32 Å². The van der Waals surface area contributed by atoms with Gasteiger partial charge in [-0.3, -0.25) is 10.6 Å². The quantitative estimate of drug-likeness (QED) is 0.191. The molecule has 0 fully saturated rings. The average molecular weight is 409 g/mol. The normalized spacial score (nSPS) is 12.0. The zero-order valence-electron chi connectivity index (χ0n) is 13.4. The summed E-state index contributed by atoms with van der Waals surface area (Å²) in [5.41, 5.74) is -1.66. The Morgan fingerprint density at radius 1 is 1.33 bits per heavy atom. The maximum atomic E-state index is 12.8. The predicted molar refractivity (Wildman–Crippen MR) is 86.4 cm³/mol. The van der Waals surface area contributed by atoms with Crippen molar-refractivity contribution in [1.29, 1.82) is 5.41 Å². The molecule has 0 bridgehead atoms. The summed E-state index contributed by atoms with van der Waals surface area (Å²) in [6.07, 6.45) is -4.63. The molecule has 0 aliphatic heterocycles. The van der Waals surface area contributed by atoms with Crippen LogP contribution in [0, 0.1) is 5.41 Å². The lowest BCUT2D eigenvalue weighted by atomic mass is 10.2. The predicted octanol–water partition coefficient (Wildman–Crippen LogP) is 0.515. The van der Waals surface area contributed by atoms with E-state index in [9.17, 15) is 26.8 Å². The van der Waals surface area contributed by atoms with Gasteiger partial charge in [-0.2, -0.15) is 21.6 Å². The Hall–Kier alpha value is -2.75. The monoisotopic (exact) mass is 409 g/mol. The number of nitrogens with zero attached hydrogens (tertiary/aromatic N) is 3. The second-order valence-corrected chi connectivity index (χ2v) is 6.41. The van der Waals surface area contributed by atoms with Crippen LogP contribution in [0.5, 0.6) is 0 Å². The SMILES string of the molecule is N=C(c1nonc1NCCNS(N)(=O)=O)N(O)c1cccc(C(F)(F)F)c1. The van der Waals surface area contributed by atoms with Gasteiger partial charge in [-0.25, -0.2) is 19.6 Å². The van der Waals surface area contributed by atoms with E-state index in [0.717, 1.165) is 18.2 Å². The number of nitrogens with two attached hydrogens (primary N) is 1. The van der Waals surface area contributed by atoms with Crippen molar-refractivity contribution in [3.8, 4) is 0 Å². The van der Waals surface area contributed by atoms with Crippen molar-refractivity contribution >= 4 is 27.6 Å². The van der Waals surface area contributed by atoms with Crippen LogP contribution < -0.4 is 20.2 Å². The summed E-state index contributed by atoms with van der Waals surface area (Å²) in [6, 6.07) is 3.67. The number of benzene rings is 1. The van der Waals surface area contributed by atoms with Crippen LogP contribution in [-0.4, -0.2) is 42.9 Å². The van der Waals surface area contributed by atoms with Gasteiger partial charge in [-0.15, -0.1) is 0 Å². The highest BCUT2D eigenvalue weighted by Gasteiger charge is 2.31. The molecule has 0 amide bonds. The molecule has 27 heavy (non-hydrogen) atoms. The molecule has 15 heteroatoms. The first kappa shape index (κ1) is 20.6. The van der Waals surface area contributed by atoms with E-state index in [4.69, 9.17) is 10.5 Å². The lowest BCUT2D eigenvalue weighted by Crippen LogP contribution is -2.34. The molecular formula is C12H14F3N7O4S. The summed E-state index contributed by atoms with van der Waals surface area (Å²) in [5.74, 6) is -0.861. The second-order valence-electron chi connectivity index (χ2n) is 5.04. The number of hydroxylamine groups is 1. The molecule has 0 aliphatic rings. The van der Waals surface area contributed by atoms with Crippen molar-refractivity contribution in [3.05, 3.63) is 35.5 Å². The maximum Gasteiger partial charge on any atom is 0.416 e. The summed E-state index contributed by atoms with van der Waals surface area (Å²) in [5, 5.41) is 32.3. The number of aromatic nitrogens is 2. The minimum absolute atomic E-state index is 0.0279. The molecule has 0 radical (unpaired) electrons. The van der Waals surface area contributed by atoms with Crippen LogP contribution in [0.2, 0.25) is 0 Å². The van der Waals surface area contributed by atoms with Gasteiger partial charge in [0.1, 0.15) is 0 Å². The number of anilines is 2. The van der Waals surface area contributed by atoms with Crippen molar-refractivity contribution < 1.29 is 31.4 Å². The number of hydrogen-bond acceptors (Lipinski definition) is 8. The van der Waals surface area contributed by atoms with Gasteiger partial charge in [-0.1, -0.05) is 6.07 Å². The topological polar surface area (TPSA) is 170 Å². The highest BCUT2D eigenvalue weighted by atomic mass is 32.2. The van der Waals surface area contributed by atoms with Crippen molar-refractivity contribution in [3.63, 3.8) is 0 Å². The van der Waals surface area contributed by atoms with E-state index < -0.39 is 27.8 Å². The van der Waals surface area contributed by atoms with Gasteiger partial charge in [0.05, 0.1) is 11.3 Å². The van der Waals surface area contributed by atoms with E-state index in [2.05, 4.69) is 20.3 Å². The van der Waals surface area contributed by atoms with Gasteiger partial charge in [-0.05, 0) is 28.5 Å². The number of hydrogen-bond donors (Lipinski definition) is 5. The average Bonchev–Trinajstić information content (AvgIpc) is 3.04. The fourth-order valence-corrected chi connectivity index (χ4v) is 2.26.